The molecule has 0 heterocycles. The van der Waals surface area contributed by atoms with Crippen molar-refractivity contribution in [2.75, 3.05) is 0 Å². The van der Waals surface area contributed by atoms with E-state index in [0.717, 1.165) is 0 Å². The van der Waals surface area contributed by atoms with Gasteiger partial charge in [0.25, 0.3) is 0 Å². The molecule has 28 heavy (non-hydrogen) atoms. The van der Waals surface area contributed by atoms with Crippen LogP contribution < -0.4 is 15.9 Å². The Morgan fingerprint density at radius 2 is 0.714 bits per heavy atom. The fourth-order valence-corrected chi connectivity index (χ4v) is 5.51. The number of hydrogen-bond donors (Lipinski definition) is 0. The van der Waals surface area contributed by atoms with Crippen LogP contribution >= 0.6 is 7.92 Å². The predicted octanol–water partition coefficient (Wildman–Crippen LogP) is 7.20. The highest BCUT2D eigenvalue weighted by Gasteiger charge is 2.14. The van der Waals surface area contributed by atoms with Crippen molar-refractivity contribution in [1.29, 1.82) is 0 Å². The molecule has 0 fully saturated rings. The summed E-state index contributed by atoms with van der Waals surface area (Å²) in [7, 11) is -0.446. The molecule has 0 N–H and O–H groups in total. The zero-order chi connectivity index (χ0) is 19.9. The largest absolute Gasteiger partial charge is 0.0654 e. The first-order valence-corrected chi connectivity index (χ1v) is 12.2. The van der Waals surface area contributed by atoms with Crippen molar-refractivity contribution in [2.45, 2.75) is 58.8 Å². The van der Waals surface area contributed by atoms with E-state index in [2.05, 4.69) is 105 Å². The summed E-state index contributed by atoms with van der Waals surface area (Å²) in [5, 5.41) is 4.19. The molecular formula is C27H35P. The summed E-state index contributed by atoms with van der Waals surface area (Å²) >= 11 is 0. The first-order chi connectivity index (χ1) is 13.9. The van der Waals surface area contributed by atoms with Crippen molar-refractivity contribution in [3.05, 3.63) is 91.0 Å². The van der Waals surface area contributed by atoms with Crippen LogP contribution in [-0.4, -0.2) is 0 Å². The molecular weight excluding hydrogens is 355 g/mol. The van der Waals surface area contributed by atoms with Crippen molar-refractivity contribution in [1.82, 2.24) is 0 Å². The third-order valence-electron chi connectivity index (χ3n) is 4.75. The minimum absolute atomic E-state index is 0.446. The summed E-state index contributed by atoms with van der Waals surface area (Å²) in [5.74, 6) is 0. The molecule has 0 atom stereocenters. The third kappa shape index (κ3) is 7.99. The lowest BCUT2D eigenvalue weighted by molar-refractivity contribution is 0.602. The highest BCUT2D eigenvalue weighted by molar-refractivity contribution is 7.79. The van der Waals surface area contributed by atoms with Crippen molar-refractivity contribution in [3.63, 3.8) is 0 Å². The number of benzene rings is 3. The van der Waals surface area contributed by atoms with Gasteiger partial charge in [-0.3, -0.25) is 0 Å². The molecule has 0 aliphatic rings. The molecule has 0 bridgehead atoms. The van der Waals surface area contributed by atoms with E-state index < -0.39 is 7.92 Å². The maximum Gasteiger partial charge on any atom is -0.0134 e. The fraction of sp³-hybridized carbons (Fsp3) is 0.333. The van der Waals surface area contributed by atoms with E-state index in [-0.39, 0.29) is 0 Å². The second-order valence-electron chi connectivity index (χ2n) is 7.11. The van der Waals surface area contributed by atoms with Gasteiger partial charge in [-0.2, -0.15) is 0 Å². The first kappa shape index (κ1) is 22.4. The van der Waals surface area contributed by atoms with E-state index >= 15 is 0 Å². The Bertz CT molecular complexity index is 622. The van der Waals surface area contributed by atoms with Gasteiger partial charge in [-0.15, -0.1) is 0 Å². The number of hydrogen-bond acceptors (Lipinski definition) is 0. The topological polar surface area (TPSA) is 0 Å². The summed E-state index contributed by atoms with van der Waals surface area (Å²) in [5.41, 5.74) is 0. The Balaban J connectivity index is 0.000000266. The van der Waals surface area contributed by atoms with E-state index in [1.165, 1.54) is 60.9 Å². The van der Waals surface area contributed by atoms with Crippen LogP contribution in [0.25, 0.3) is 0 Å². The lowest BCUT2D eigenvalue weighted by Gasteiger charge is -2.18. The molecule has 0 nitrogen and oxygen atoms in total. The fourth-order valence-electron chi connectivity index (χ4n) is 3.21. The van der Waals surface area contributed by atoms with Crippen LogP contribution in [0.1, 0.15) is 58.8 Å². The quantitative estimate of drug-likeness (QED) is 0.268. The van der Waals surface area contributed by atoms with Crippen LogP contribution in [0, 0.1) is 0 Å². The SMILES string of the molecule is CCCCCCCCC.c1ccc(P(c2ccccc2)c2ccccc2)cc1. The predicted molar refractivity (Wildman–Crippen MR) is 129 cm³/mol. The standard InChI is InChI=1S/C18H15P.C9H20/c1-4-10-16(11-5-1)19(17-12-6-2-7-13-17)18-14-8-3-9-15-18;1-3-5-7-9-8-6-4-2/h1-15H;3-9H2,1-2H3. The lowest BCUT2D eigenvalue weighted by atomic mass is 10.1. The Morgan fingerprint density at radius 1 is 0.429 bits per heavy atom. The Kier molecular flexibility index (Phi) is 11.3. The van der Waals surface area contributed by atoms with Gasteiger partial charge >= 0.3 is 0 Å². The third-order valence-corrected chi connectivity index (χ3v) is 7.19. The van der Waals surface area contributed by atoms with Gasteiger partial charge in [0.05, 0.1) is 0 Å². The minimum atomic E-state index is -0.446. The Hall–Kier alpha value is -1.91. The molecule has 3 aromatic carbocycles. The second-order valence-corrected chi connectivity index (χ2v) is 9.33. The molecule has 0 aliphatic carbocycles. The molecule has 0 saturated heterocycles. The molecule has 3 rings (SSSR count). The van der Waals surface area contributed by atoms with Gasteiger partial charge < -0.3 is 0 Å². The van der Waals surface area contributed by atoms with Crippen molar-refractivity contribution in [2.24, 2.45) is 0 Å². The summed E-state index contributed by atoms with van der Waals surface area (Å²) in [6.07, 6.45) is 9.97. The summed E-state index contributed by atoms with van der Waals surface area (Å²) in [4.78, 5) is 0. The van der Waals surface area contributed by atoms with Gasteiger partial charge in [-0.05, 0) is 23.8 Å². The lowest BCUT2D eigenvalue weighted by Crippen LogP contribution is -2.20. The van der Waals surface area contributed by atoms with Gasteiger partial charge in [0.2, 0.25) is 0 Å². The number of unbranched alkanes of at least 4 members (excludes halogenated alkanes) is 6. The van der Waals surface area contributed by atoms with E-state index in [0.29, 0.717) is 0 Å². The molecule has 148 valence electrons. The summed E-state index contributed by atoms with van der Waals surface area (Å²) in [6, 6.07) is 32.3. The molecule has 1 heteroatoms. The zero-order valence-corrected chi connectivity index (χ0v) is 18.5. The Labute approximate surface area is 173 Å². The van der Waals surface area contributed by atoms with E-state index in [1.54, 1.807) is 0 Å². The van der Waals surface area contributed by atoms with Crippen molar-refractivity contribution >= 4 is 23.8 Å². The van der Waals surface area contributed by atoms with Gasteiger partial charge in [0.1, 0.15) is 0 Å². The van der Waals surface area contributed by atoms with Crippen LogP contribution in [0.5, 0.6) is 0 Å². The summed E-state index contributed by atoms with van der Waals surface area (Å²) < 4.78 is 0. The van der Waals surface area contributed by atoms with Gasteiger partial charge in [-0.1, -0.05) is 150 Å². The average Bonchev–Trinajstić information content (AvgIpc) is 2.77. The summed E-state index contributed by atoms with van der Waals surface area (Å²) in [6.45, 7) is 4.53. The Morgan fingerprint density at radius 3 is 1.00 bits per heavy atom. The van der Waals surface area contributed by atoms with Crippen molar-refractivity contribution in [3.8, 4) is 0 Å². The molecule has 0 aliphatic heterocycles. The van der Waals surface area contributed by atoms with Crippen molar-refractivity contribution < 1.29 is 0 Å². The van der Waals surface area contributed by atoms with Crippen LogP contribution in [-0.2, 0) is 0 Å². The van der Waals surface area contributed by atoms with Crippen LogP contribution in [0.2, 0.25) is 0 Å². The van der Waals surface area contributed by atoms with Crippen LogP contribution in [0.15, 0.2) is 91.0 Å². The molecule has 3 aromatic rings. The highest BCUT2D eigenvalue weighted by Crippen LogP contribution is 2.32. The smallest absolute Gasteiger partial charge is 0.0134 e. The molecule has 0 aromatic heterocycles. The molecule has 0 spiro atoms. The first-order valence-electron chi connectivity index (χ1n) is 10.8. The van der Waals surface area contributed by atoms with Gasteiger partial charge in [0, 0.05) is 0 Å². The number of rotatable bonds is 9. The average molecular weight is 391 g/mol. The van der Waals surface area contributed by atoms with Crippen LogP contribution in [0.4, 0.5) is 0 Å². The highest BCUT2D eigenvalue weighted by atomic mass is 31.1. The van der Waals surface area contributed by atoms with Crippen LogP contribution in [0.3, 0.4) is 0 Å². The molecule has 0 unspecified atom stereocenters. The monoisotopic (exact) mass is 390 g/mol. The molecule has 0 amide bonds. The van der Waals surface area contributed by atoms with Gasteiger partial charge in [-0.25, -0.2) is 0 Å². The van der Waals surface area contributed by atoms with Gasteiger partial charge in [0.15, 0.2) is 0 Å². The van der Waals surface area contributed by atoms with E-state index in [1.807, 2.05) is 0 Å². The minimum Gasteiger partial charge on any atom is -0.0654 e. The van der Waals surface area contributed by atoms with E-state index in [4.69, 9.17) is 0 Å². The maximum atomic E-state index is 2.26. The second kappa shape index (κ2) is 14.1. The normalized spacial score (nSPS) is 10.4. The maximum absolute atomic E-state index is 2.26. The molecule has 0 saturated carbocycles. The van der Waals surface area contributed by atoms with E-state index in [9.17, 15) is 0 Å². The zero-order valence-electron chi connectivity index (χ0n) is 17.6. The molecule has 0 radical (unpaired) electrons.